The number of fused-ring (bicyclic) bond motifs is 1. The molecular formula is C14H17BrN2S. The number of hydrogen-bond acceptors (Lipinski definition) is 3. The van der Waals surface area contributed by atoms with Gasteiger partial charge in [0.1, 0.15) is 0 Å². The minimum Gasteiger partial charge on any atom is -0.334 e. The van der Waals surface area contributed by atoms with Gasteiger partial charge in [-0.3, -0.25) is 4.99 Å². The highest BCUT2D eigenvalue weighted by Gasteiger charge is 2.31. The van der Waals surface area contributed by atoms with Gasteiger partial charge in [0.05, 0.1) is 11.7 Å². The summed E-state index contributed by atoms with van der Waals surface area (Å²) in [6.07, 6.45) is 3.98. The lowest BCUT2D eigenvalue weighted by molar-refractivity contribution is 0.535. The third-order valence-corrected chi connectivity index (χ3v) is 5.90. The van der Waals surface area contributed by atoms with Crippen LogP contribution in [-0.4, -0.2) is 17.0 Å². The second kappa shape index (κ2) is 5.25. The minimum absolute atomic E-state index is 0.567. The zero-order chi connectivity index (χ0) is 12.5. The van der Waals surface area contributed by atoms with E-state index < -0.39 is 0 Å². The van der Waals surface area contributed by atoms with Gasteiger partial charge < -0.3 is 5.32 Å². The molecule has 3 rings (SSSR count). The molecule has 0 aromatic heterocycles. The fraction of sp³-hybridized carbons (Fsp3) is 0.500. The molecule has 1 N–H and O–H groups in total. The fourth-order valence-electron chi connectivity index (χ4n) is 2.68. The van der Waals surface area contributed by atoms with Crippen molar-refractivity contribution in [2.24, 2.45) is 10.9 Å². The molecule has 1 aromatic rings. The van der Waals surface area contributed by atoms with Crippen molar-refractivity contribution in [3.63, 3.8) is 0 Å². The Morgan fingerprint density at radius 1 is 1.39 bits per heavy atom. The maximum atomic E-state index is 4.86. The zero-order valence-corrected chi connectivity index (χ0v) is 12.9. The van der Waals surface area contributed by atoms with Gasteiger partial charge in [-0.2, -0.15) is 0 Å². The van der Waals surface area contributed by atoms with Gasteiger partial charge in [-0.25, -0.2) is 0 Å². The zero-order valence-electron chi connectivity index (χ0n) is 10.4. The lowest BCUT2D eigenvalue weighted by Gasteiger charge is -2.24. The summed E-state index contributed by atoms with van der Waals surface area (Å²) >= 11 is 5.50. The predicted octanol–water partition coefficient (Wildman–Crippen LogP) is 4.44. The number of anilines is 1. The Hall–Kier alpha value is -0.480. The van der Waals surface area contributed by atoms with E-state index in [0.717, 1.165) is 21.2 Å². The normalized spacial score (nSPS) is 26.7. The number of aliphatic imine (C=N–C) groups is 1. The topological polar surface area (TPSA) is 24.4 Å². The molecule has 0 spiro atoms. The first-order valence-corrected chi connectivity index (χ1v) is 8.24. The van der Waals surface area contributed by atoms with Crippen molar-refractivity contribution in [3.05, 3.63) is 28.2 Å². The summed E-state index contributed by atoms with van der Waals surface area (Å²) in [7, 11) is 0. The van der Waals surface area contributed by atoms with Crippen molar-refractivity contribution in [3.8, 4) is 0 Å². The first-order valence-electron chi connectivity index (χ1n) is 6.47. The molecule has 18 heavy (non-hydrogen) atoms. The van der Waals surface area contributed by atoms with Crippen molar-refractivity contribution in [2.75, 3.05) is 11.1 Å². The molecule has 2 atom stereocenters. The fourth-order valence-corrected chi connectivity index (χ4v) is 4.20. The second-order valence-electron chi connectivity index (χ2n) is 5.07. The summed E-state index contributed by atoms with van der Waals surface area (Å²) in [5, 5.41) is 4.56. The van der Waals surface area contributed by atoms with Crippen LogP contribution >= 0.6 is 27.7 Å². The molecule has 0 amide bonds. The van der Waals surface area contributed by atoms with Crippen LogP contribution in [-0.2, 0) is 0 Å². The van der Waals surface area contributed by atoms with E-state index in [9.17, 15) is 0 Å². The van der Waals surface area contributed by atoms with Gasteiger partial charge in [-0.1, -0.05) is 30.3 Å². The molecule has 2 aliphatic rings. The molecule has 2 nitrogen and oxygen atoms in total. The molecular weight excluding hydrogens is 308 g/mol. The van der Waals surface area contributed by atoms with Gasteiger partial charge in [0.2, 0.25) is 0 Å². The van der Waals surface area contributed by atoms with Gasteiger partial charge in [-0.05, 0) is 53.2 Å². The molecule has 0 bridgehead atoms. The Labute approximate surface area is 121 Å². The van der Waals surface area contributed by atoms with E-state index in [1.807, 2.05) is 11.8 Å². The highest BCUT2D eigenvalue weighted by Crippen LogP contribution is 2.36. The number of amidine groups is 1. The van der Waals surface area contributed by atoms with Crippen molar-refractivity contribution in [2.45, 2.75) is 32.2 Å². The summed E-state index contributed by atoms with van der Waals surface area (Å²) in [5.74, 6) is 2.04. The third kappa shape index (κ3) is 2.45. The van der Waals surface area contributed by atoms with E-state index >= 15 is 0 Å². The van der Waals surface area contributed by atoms with E-state index in [0.29, 0.717) is 6.04 Å². The number of nitrogens with one attached hydrogen (secondary N) is 1. The lowest BCUT2D eigenvalue weighted by atomic mass is 10.1. The maximum absolute atomic E-state index is 4.86. The van der Waals surface area contributed by atoms with Crippen LogP contribution in [0.25, 0.3) is 0 Å². The maximum Gasteiger partial charge on any atom is 0.161 e. The number of hydrogen-bond donors (Lipinski definition) is 1. The summed E-state index contributed by atoms with van der Waals surface area (Å²) < 4.78 is 1.14. The molecule has 0 saturated heterocycles. The van der Waals surface area contributed by atoms with Crippen molar-refractivity contribution in [1.82, 2.24) is 0 Å². The van der Waals surface area contributed by atoms with Crippen molar-refractivity contribution >= 4 is 38.5 Å². The molecule has 1 fully saturated rings. The van der Waals surface area contributed by atoms with Gasteiger partial charge in [0, 0.05) is 10.2 Å². The minimum atomic E-state index is 0.567. The summed E-state index contributed by atoms with van der Waals surface area (Å²) in [5.41, 5.74) is 2.37. The van der Waals surface area contributed by atoms with Crippen LogP contribution in [0.1, 0.15) is 24.8 Å². The number of thioether (sulfide) groups is 1. The molecule has 1 heterocycles. The Kier molecular flexibility index (Phi) is 3.66. The first-order chi connectivity index (χ1) is 8.74. The second-order valence-corrected chi connectivity index (χ2v) is 6.87. The summed E-state index contributed by atoms with van der Waals surface area (Å²) in [4.78, 5) is 4.86. The average molecular weight is 325 g/mol. The Bertz CT molecular complexity index is 487. The van der Waals surface area contributed by atoms with E-state index in [1.165, 1.54) is 30.6 Å². The van der Waals surface area contributed by atoms with Gasteiger partial charge in [0.25, 0.3) is 0 Å². The number of benzene rings is 1. The molecule has 96 valence electrons. The molecule has 2 unspecified atom stereocenters. The van der Waals surface area contributed by atoms with Crippen LogP contribution in [0, 0.1) is 12.8 Å². The van der Waals surface area contributed by atoms with Crippen molar-refractivity contribution < 1.29 is 0 Å². The molecule has 1 aliphatic heterocycles. The number of rotatable bonds is 1. The Morgan fingerprint density at radius 2 is 2.28 bits per heavy atom. The largest absolute Gasteiger partial charge is 0.334 e. The average Bonchev–Trinajstić information content (AvgIpc) is 2.82. The van der Waals surface area contributed by atoms with Crippen LogP contribution in [0.3, 0.4) is 0 Å². The Balaban J connectivity index is 1.78. The van der Waals surface area contributed by atoms with E-state index in [1.54, 1.807) is 0 Å². The van der Waals surface area contributed by atoms with Crippen LogP contribution in [0.5, 0.6) is 0 Å². The van der Waals surface area contributed by atoms with Crippen LogP contribution in [0.2, 0.25) is 0 Å². The highest BCUT2D eigenvalue weighted by atomic mass is 79.9. The van der Waals surface area contributed by atoms with Crippen LogP contribution < -0.4 is 5.32 Å². The highest BCUT2D eigenvalue weighted by molar-refractivity contribution is 9.10. The molecule has 4 heteroatoms. The van der Waals surface area contributed by atoms with Crippen molar-refractivity contribution in [1.29, 1.82) is 0 Å². The molecule has 1 aliphatic carbocycles. The number of nitrogens with zero attached hydrogens (tertiary/aromatic N) is 1. The van der Waals surface area contributed by atoms with Crippen LogP contribution in [0.4, 0.5) is 5.69 Å². The van der Waals surface area contributed by atoms with Crippen LogP contribution in [0.15, 0.2) is 27.7 Å². The third-order valence-electron chi connectivity index (χ3n) is 3.77. The first kappa shape index (κ1) is 12.5. The van der Waals surface area contributed by atoms with Gasteiger partial charge >= 0.3 is 0 Å². The Morgan fingerprint density at radius 3 is 3.17 bits per heavy atom. The van der Waals surface area contributed by atoms with Gasteiger partial charge in [-0.15, -0.1) is 0 Å². The quantitative estimate of drug-likeness (QED) is 0.825. The summed E-state index contributed by atoms with van der Waals surface area (Å²) in [6.45, 7) is 2.11. The molecule has 1 aromatic carbocycles. The van der Waals surface area contributed by atoms with E-state index in [-0.39, 0.29) is 0 Å². The number of aryl methyl sites for hydroxylation is 1. The van der Waals surface area contributed by atoms with E-state index in [2.05, 4.69) is 46.4 Å². The smallest absolute Gasteiger partial charge is 0.161 e. The van der Waals surface area contributed by atoms with E-state index in [4.69, 9.17) is 4.99 Å². The summed E-state index contributed by atoms with van der Waals surface area (Å²) in [6, 6.07) is 6.85. The standard InChI is InChI=1S/C14H17BrN2S/c1-9-4-2-7-12(13(9)15)17-14-16-11-6-3-5-10(11)8-18-14/h2,4,7,10-11H,3,5-6,8H2,1H3,(H,16,17). The molecule has 0 radical (unpaired) electrons. The molecule has 1 saturated carbocycles. The lowest BCUT2D eigenvalue weighted by Crippen LogP contribution is -2.25. The predicted molar refractivity (Wildman–Crippen MR) is 83.5 cm³/mol. The number of halogens is 1. The SMILES string of the molecule is Cc1cccc(NC2=NC3CCCC3CS2)c1Br. The van der Waals surface area contributed by atoms with Gasteiger partial charge in [0.15, 0.2) is 5.17 Å². The monoisotopic (exact) mass is 324 g/mol.